The molecule has 0 radical (unpaired) electrons. The van der Waals surface area contributed by atoms with Crippen molar-refractivity contribution in [3.8, 4) is 11.1 Å². The van der Waals surface area contributed by atoms with Gasteiger partial charge < -0.3 is 15.5 Å². The van der Waals surface area contributed by atoms with Crippen molar-refractivity contribution in [1.82, 2.24) is 9.97 Å². The molecule has 35 heavy (non-hydrogen) atoms. The fourth-order valence-corrected chi connectivity index (χ4v) is 4.13. The number of ether oxygens (including phenoxy) is 1. The molecule has 10 heteroatoms. The molecular weight excluding hydrogens is 474 g/mol. The van der Waals surface area contributed by atoms with E-state index >= 15 is 0 Å². The Labute approximate surface area is 203 Å². The van der Waals surface area contributed by atoms with E-state index in [0.29, 0.717) is 27.9 Å². The smallest absolute Gasteiger partial charge is 0.238 e. The zero-order chi connectivity index (χ0) is 25.6. The maximum Gasteiger partial charge on any atom is 0.238 e. The van der Waals surface area contributed by atoms with Crippen LogP contribution < -0.4 is 10.9 Å². The van der Waals surface area contributed by atoms with E-state index in [1.165, 1.54) is 24.3 Å². The van der Waals surface area contributed by atoms with Crippen LogP contribution >= 0.6 is 0 Å². The van der Waals surface area contributed by atoms with Crippen LogP contribution in [0.2, 0.25) is 0 Å². The molecule has 2 aromatic carbocycles. The number of nitrogens with two attached hydrogens (primary N) is 2. The maximum atomic E-state index is 13.6. The third-order valence-corrected chi connectivity index (χ3v) is 6.12. The molecule has 5 N–H and O–H groups in total. The van der Waals surface area contributed by atoms with Gasteiger partial charge in [0.1, 0.15) is 11.6 Å². The van der Waals surface area contributed by atoms with Crippen LogP contribution in [-0.2, 0) is 21.2 Å². The van der Waals surface area contributed by atoms with Crippen LogP contribution in [0.4, 0.5) is 8.78 Å². The SMILES string of the molecule is CCOCC.N[C@H](Cc1cc(F)cc(F)c1)c1nc2cc[nH]c2cc1-c1ccc(S(N)(=O)=O)cc1. The van der Waals surface area contributed by atoms with Crippen molar-refractivity contribution in [3.05, 3.63) is 83.7 Å². The Bertz CT molecular complexity index is 1370. The fourth-order valence-electron chi connectivity index (χ4n) is 3.62. The summed E-state index contributed by atoms with van der Waals surface area (Å²) in [6.07, 6.45) is 1.91. The molecule has 1 atom stereocenters. The summed E-state index contributed by atoms with van der Waals surface area (Å²) in [7, 11) is -3.82. The highest BCUT2D eigenvalue weighted by atomic mass is 32.2. The van der Waals surface area contributed by atoms with Gasteiger partial charge in [0.2, 0.25) is 10.0 Å². The highest BCUT2D eigenvalue weighted by Crippen LogP contribution is 2.31. The van der Waals surface area contributed by atoms with E-state index in [-0.39, 0.29) is 11.3 Å². The highest BCUT2D eigenvalue weighted by molar-refractivity contribution is 7.89. The summed E-state index contributed by atoms with van der Waals surface area (Å²) in [5.41, 5.74) is 10.1. The quantitative estimate of drug-likeness (QED) is 0.345. The number of benzene rings is 2. The molecule has 4 rings (SSSR count). The summed E-state index contributed by atoms with van der Waals surface area (Å²) < 4.78 is 55.0. The summed E-state index contributed by atoms with van der Waals surface area (Å²) in [5.74, 6) is -1.35. The molecule has 0 saturated carbocycles. The van der Waals surface area contributed by atoms with Gasteiger partial charge in [-0.25, -0.2) is 27.3 Å². The van der Waals surface area contributed by atoms with Gasteiger partial charge in [-0.2, -0.15) is 0 Å². The van der Waals surface area contributed by atoms with E-state index in [9.17, 15) is 17.2 Å². The molecule has 0 spiro atoms. The minimum Gasteiger partial charge on any atom is -0.382 e. The number of primary sulfonamides is 1. The van der Waals surface area contributed by atoms with Crippen molar-refractivity contribution < 1.29 is 21.9 Å². The first-order valence-electron chi connectivity index (χ1n) is 11.0. The highest BCUT2D eigenvalue weighted by Gasteiger charge is 2.18. The average molecular weight is 503 g/mol. The van der Waals surface area contributed by atoms with Crippen molar-refractivity contribution >= 4 is 21.1 Å². The van der Waals surface area contributed by atoms with Gasteiger partial charge in [-0.1, -0.05) is 12.1 Å². The number of nitrogens with zero attached hydrogens (tertiary/aromatic N) is 1. The van der Waals surface area contributed by atoms with Gasteiger partial charge in [0.25, 0.3) is 0 Å². The van der Waals surface area contributed by atoms with E-state index in [1.54, 1.807) is 24.4 Å². The molecular formula is C25H28F2N4O3S. The first kappa shape index (κ1) is 26.4. The Hall–Kier alpha value is -3.18. The average Bonchev–Trinajstić information content (AvgIpc) is 3.26. The van der Waals surface area contributed by atoms with Crippen molar-refractivity contribution in [2.45, 2.75) is 31.2 Å². The van der Waals surface area contributed by atoms with Gasteiger partial charge in [-0.3, -0.25) is 0 Å². The second kappa shape index (κ2) is 11.5. The molecule has 2 heterocycles. The number of rotatable bonds is 7. The molecule has 0 bridgehead atoms. The Morgan fingerprint density at radius 1 is 1.00 bits per heavy atom. The zero-order valence-electron chi connectivity index (χ0n) is 19.5. The van der Waals surface area contributed by atoms with E-state index in [0.717, 1.165) is 24.8 Å². The van der Waals surface area contributed by atoms with Crippen LogP contribution in [0.3, 0.4) is 0 Å². The zero-order valence-corrected chi connectivity index (χ0v) is 20.3. The number of fused-ring (bicyclic) bond motifs is 1. The van der Waals surface area contributed by atoms with Crippen molar-refractivity contribution in [2.75, 3.05) is 13.2 Å². The molecule has 0 amide bonds. The van der Waals surface area contributed by atoms with E-state index in [2.05, 4.69) is 9.97 Å². The second-order valence-corrected chi connectivity index (χ2v) is 9.33. The topological polar surface area (TPSA) is 124 Å². The molecule has 0 fully saturated rings. The summed E-state index contributed by atoms with van der Waals surface area (Å²) in [4.78, 5) is 7.70. The first-order valence-corrected chi connectivity index (χ1v) is 12.6. The lowest BCUT2D eigenvalue weighted by atomic mass is 9.95. The van der Waals surface area contributed by atoms with Gasteiger partial charge in [-0.15, -0.1) is 0 Å². The summed E-state index contributed by atoms with van der Waals surface area (Å²) in [6, 6.07) is 12.3. The standard InChI is InChI=1S/C21H18F2N4O2S.C4H10O/c22-14-7-12(8-15(23)10-14)9-18(24)21-17(11-20-19(27-21)5-6-26-20)13-1-3-16(4-2-13)30(25,28)29;1-3-5-4-2/h1-8,10-11,18,26H,9,24H2,(H2,25,28,29);3-4H2,1-2H3/t18-;/m1./s1. The third kappa shape index (κ3) is 6.92. The Morgan fingerprint density at radius 2 is 1.63 bits per heavy atom. The number of sulfonamides is 1. The van der Waals surface area contributed by atoms with Crippen LogP contribution in [-0.4, -0.2) is 31.6 Å². The lowest BCUT2D eigenvalue weighted by Crippen LogP contribution is -2.17. The van der Waals surface area contributed by atoms with Crippen LogP contribution in [0, 0.1) is 11.6 Å². The normalized spacial score (nSPS) is 12.3. The summed E-state index contributed by atoms with van der Waals surface area (Å²) >= 11 is 0. The van der Waals surface area contributed by atoms with Gasteiger partial charge in [0.15, 0.2) is 0 Å². The van der Waals surface area contributed by atoms with Gasteiger partial charge in [0, 0.05) is 31.0 Å². The van der Waals surface area contributed by atoms with Gasteiger partial charge in [-0.05, 0) is 67.8 Å². The Morgan fingerprint density at radius 3 is 2.17 bits per heavy atom. The predicted octanol–water partition coefficient (Wildman–Crippen LogP) is 4.44. The minimum atomic E-state index is -3.82. The number of aromatic amines is 1. The molecule has 0 aliphatic carbocycles. The summed E-state index contributed by atoms with van der Waals surface area (Å²) in [5, 5.41) is 5.17. The molecule has 7 nitrogen and oxygen atoms in total. The monoisotopic (exact) mass is 502 g/mol. The molecule has 2 aromatic heterocycles. The fraction of sp³-hybridized carbons (Fsp3) is 0.240. The van der Waals surface area contributed by atoms with E-state index in [4.69, 9.17) is 15.6 Å². The largest absolute Gasteiger partial charge is 0.382 e. The van der Waals surface area contributed by atoms with Crippen LogP contribution in [0.15, 0.2) is 65.7 Å². The molecule has 4 aromatic rings. The number of pyridine rings is 1. The molecule has 186 valence electrons. The first-order chi connectivity index (χ1) is 16.6. The second-order valence-electron chi connectivity index (χ2n) is 7.77. The number of H-pyrrole nitrogens is 1. The number of hydrogen-bond donors (Lipinski definition) is 3. The molecule has 0 unspecified atom stereocenters. The number of hydrogen-bond acceptors (Lipinski definition) is 5. The van der Waals surface area contributed by atoms with Crippen LogP contribution in [0.25, 0.3) is 22.2 Å². The van der Waals surface area contributed by atoms with E-state index in [1.807, 2.05) is 19.9 Å². The van der Waals surface area contributed by atoms with Crippen LogP contribution in [0.5, 0.6) is 0 Å². The minimum absolute atomic E-state index is 0.0127. The number of nitrogens with one attached hydrogen (secondary N) is 1. The van der Waals surface area contributed by atoms with Crippen LogP contribution in [0.1, 0.15) is 31.1 Å². The number of aromatic nitrogens is 2. The maximum absolute atomic E-state index is 13.6. The summed E-state index contributed by atoms with van der Waals surface area (Å²) in [6.45, 7) is 5.67. The third-order valence-electron chi connectivity index (χ3n) is 5.19. The Balaban J connectivity index is 0.000000623. The number of halogens is 2. The molecule has 0 saturated heterocycles. The van der Waals surface area contributed by atoms with Gasteiger partial charge in [0.05, 0.1) is 27.7 Å². The predicted molar refractivity (Wildman–Crippen MR) is 132 cm³/mol. The lowest BCUT2D eigenvalue weighted by molar-refractivity contribution is 0.162. The van der Waals surface area contributed by atoms with Crippen molar-refractivity contribution in [2.24, 2.45) is 10.9 Å². The van der Waals surface area contributed by atoms with Gasteiger partial charge >= 0.3 is 0 Å². The Kier molecular flexibility index (Phi) is 8.68. The molecule has 0 aliphatic heterocycles. The van der Waals surface area contributed by atoms with Crippen molar-refractivity contribution in [1.29, 1.82) is 0 Å². The van der Waals surface area contributed by atoms with Crippen molar-refractivity contribution in [3.63, 3.8) is 0 Å². The lowest BCUT2D eigenvalue weighted by Gasteiger charge is -2.17. The van der Waals surface area contributed by atoms with E-state index < -0.39 is 27.7 Å². The molecule has 0 aliphatic rings.